The molecule has 0 aromatic carbocycles. The fourth-order valence-electron chi connectivity index (χ4n) is 0.585. The maximum Gasteiger partial charge on any atom is 0.418 e. The van der Waals surface area contributed by atoms with E-state index in [0.29, 0.717) is 5.69 Å². The summed E-state index contributed by atoms with van der Waals surface area (Å²) in [6.07, 6.45) is -2.43. The third kappa shape index (κ3) is 1.93. The number of aromatic nitrogens is 1. The molecule has 11 heavy (non-hydrogen) atoms. The van der Waals surface area contributed by atoms with Gasteiger partial charge >= 0.3 is 6.18 Å². The van der Waals surface area contributed by atoms with Gasteiger partial charge in [-0.3, -0.25) is 4.98 Å². The van der Waals surface area contributed by atoms with Crippen LogP contribution in [0, 0.1) is 13.1 Å². The second-order valence-corrected chi connectivity index (χ2v) is 2.11. The van der Waals surface area contributed by atoms with E-state index < -0.39 is 11.7 Å². The molecule has 1 aromatic heterocycles. The zero-order valence-corrected chi connectivity index (χ0v) is 5.74. The maximum atomic E-state index is 11.8. The molecule has 1 aromatic rings. The summed E-state index contributed by atoms with van der Waals surface area (Å²) in [6, 6.07) is 2.27. The second-order valence-electron chi connectivity index (χ2n) is 2.11. The molecule has 1 heterocycles. The van der Waals surface area contributed by atoms with E-state index in [-0.39, 0.29) is 0 Å². The smallest absolute Gasteiger partial charge is 0.251 e. The predicted octanol–water partition coefficient (Wildman–Crippen LogP) is 2.21. The molecule has 1 rings (SSSR count). The summed E-state index contributed by atoms with van der Waals surface area (Å²) in [6.45, 7) is 1.61. The summed E-state index contributed by atoms with van der Waals surface area (Å²) in [7, 11) is 0. The Balaban J connectivity index is 2.99. The van der Waals surface area contributed by atoms with Gasteiger partial charge in [0.15, 0.2) is 0 Å². The van der Waals surface area contributed by atoms with E-state index in [1.54, 1.807) is 6.92 Å². The average molecular weight is 160 g/mol. The van der Waals surface area contributed by atoms with Gasteiger partial charge in [0, 0.05) is 5.69 Å². The monoisotopic (exact) mass is 160 g/mol. The van der Waals surface area contributed by atoms with E-state index in [1.807, 2.05) is 6.20 Å². The summed E-state index contributed by atoms with van der Waals surface area (Å²) >= 11 is 0. The van der Waals surface area contributed by atoms with Gasteiger partial charge in [-0.15, -0.1) is 0 Å². The molecule has 0 spiro atoms. The number of halogens is 3. The van der Waals surface area contributed by atoms with E-state index in [0.717, 1.165) is 6.07 Å². The lowest BCUT2D eigenvalue weighted by molar-refractivity contribution is -0.138. The summed E-state index contributed by atoms with van der Waals surface area (Å²) in [5.74, 6) is 0. The van der Waals surface area contributed by atoms with Gasteiger partial charge in [-0.05, 0) is 19.1 Å². The minimum atomic E-state index is -4.33. The number of aryl methyl sites for hydroxylation is 1. The molecule has 0 fully saturated rings. The van der Waals surface area contributed by atoms with Crippen LogP contribution < -0.4 is 0 Å². The van der Waals surface area contributed by atoms with Crippen LogP contribution in [0.3, 0.4) is 0 Å². The highest BCUT2D eigenvalue weighted by molar-refractivity contribution is 5.14. The minimum Gasteiger partial charge on any atom is -0.251 e. The van der Waals surface area contributed by atoms with Crippen LogP contribution in [0.5, 0.6) is 0 Å². The first-order valence-electron chi connectivity index (χ1n) is 2.92. The van der Waals surface area contributed by atoms with E-state index in [2.05, 4.69) is 4.98 Å². The molecule has 0 aliphatic carbocycles. The van der Waals surface area contributed by atoms with Crippen molar-refractivity contribution in [3.63, 3.8) is 0 Å². The first-order chi connectivity index (χ1) is 5.00. The molecule has 0 N–H and O–H groups in total. The molecule has 0 amide bonds. The number of nitrogens with zero attached hydrogens (tertiary/aromatic N) is 1. The summed E-state index contributed by atoms with van der Waals surface area (Å²) in [5, 5.41) is 0. The lowest BCUT2D eigenvalue weighted by Crippen LogP contribution is -2.05. The molecule has 0 aliphatic rings. The number of alkyl halides is 3. The topological polar surface area (TPSA) is 12.9 Å². The van der Waals surface area contributed by atoms with Crippen molar-refractivity contribution in [3.8, 4) is 0 Å². The molecule has 0 unspecified atom stereocenters. The van der Waals surface area contributed by atoms with E-state index in [4.69, 9.17) is 0 Å². The van der Waals surface area contributed by atoms with Gasteiger partial charge < -0.3 is 0 Å². The Bertz CT molecular complexity index is 237. The van der Waals surface area contributed by atoms with Crippen molar-refractivity contribution in [2.24, 2.45) is 0 Å². The Morgan fingerprint density at radius 2 is 2.00 bits per heavy atom. The van der Waals surface area contributed by atoms with Crippen LogP contribution in [0.2, 0.25) is 0 Å². The standard InChI is InChI=1S/C7H5F3N/c1-5-2-3-6(4-11-5)7(8,9)10/h2-3H,1H3. The molecular weight excluding hydrogens is 155 g/mol. The third-order valence-corrected chi connectivity index (χ3v) is 1.15. The Kier molecular flexibility index (Phi) is 1.85. The minimum absolute atomic E-state index is 0.526. The number of hydrogen-bond acceptors (Lipinski definition) is 1. The van der Waals surface area contributed by atoms with Crippen molar-refractivity contribution < 1.29 is 13.2 Å². The van der Waals surface area contributed by atoms with Crippen LogP contribution in [-0.4, -0.2) is 4.98 Å². The van der Waals surface area contributed by atoms with Crippen molar-refractivity contribution in [2.75, 3.05) is 0 Å². The highest BCUT2D eigenvalue weighted by Crippen LogP contribution is 2.27. The fourth-order valence-corrected chi connectivity index (χ4v) is 0.585. The molecule has 59 valence electrons. The van der Waals surface area contributed by atoms with Crippen LogP contribution in [0.25, 0.3) is 0 Å². The van der Waals surface area contributed by atoms with Crippen molar-refractivity contribution >= 4 is 0 Å². The Hall–Kier alpha value is -1.06. The SMILES string of the molecule is Cc1ccc(C(F)(F)F)[c]n1. The molecule has 0 atom stereocenters. The number of rotatable bonds is 0. The summed E-state index contributed by atoms with van der Waals surface area (Å²) in [5.41, 5.74) is -0.305. The van der Waals surface area contributed by atoms with Gasteiger partial charge in [0.1, 0.15) is 6.20 Å². The van der Waals surface area contributed by atoms with E-state index in [9.17, 15) is 13.2 Å². The first-order valence-corrected chi connectivity index (χ1v) is 2.92. The first kappa shape index (κ1) is 8.04. The van der Waals surface area contributed by atoms with Crippen molar-refractivity contribution in [1.29, 1.82) is 0 Å². The quantitative estimate of drug-likeness (QED) is 0.567. The van der Waals surface area contributed by atoms with Crippen molar-refractivity contribution in [1.82, 2.24) is 4.98 Å². The fraction of sp³-hybridized carbons (Fsp3) is 0.286. The zero-order valence-electron chi connectivity index (χ0n) is 5.74. The Morgan fingerprint density at radius 1 is 1.36 bits per heavy atom. The maximum absolute atomic E-state index is 11.8. The molecule has 0 bridgehead atoms. The van der Waals surface area contributed by atoms with Crippen LogP contribution in [0.4, 0.5) is 13.2 Å². The van der Waals surface area contributed by atoms with Gasteiger partial charge in [-0.2, -0.15) is 13.2 Å². The molecule has 1 nitrogen and oxygen atoms in total. The lowest BCUT2D eigenvalue weighted by atomic mass is 10.2. The third-order valence-electron chi connectivity index (χ3n) is 1.15. The average Bonchev–Trinajstić information content (AvgIpc) is 1.86. The Labute approximate surface area is 61.9 Å². The number of hydrogen-bond donors (Lipinski definition) is 0. The van der Waals surface area contributed by atoms with Gasteiger partial charge in [-0.25, -0.2) is 0 Å². The van der Waals surface area contributed by atoms with Gasteiger partial charge in [0.25, 0.3) is 0 Å². The normalized spacial score (nSPS) is 11.6. The van der Waals surface area contributed by atoms with Gasteiger partial charge in [0.2, 0.25) is 0 Å². The summed E-state index contributed by atoms with van der Waals surface area (Å²) in [4.78, 5) is 3.40. The van der Waals surface area contributed by atoms with E-state index in [1.165, 1.54) is 6.07 Å². The van der Waals surface area contributed by atoms with E-state index >= 15 is 0 Å². The van der Waals surface area contributed by atoms with Crippen LogP contribution in [0.15, 0.2) is 12.1 Å². The Morgan fingerprint density at radius 3 is 2.36 bits per heavy atom. The summed E-state index contributed by atoms with van der Waals surface area (Å²) < 4.78 is 35.5. The van der Waals surface area contributed by atoms with Gasteiger partial charge in [0.05, 0.1) is 5.56 Å². The van der Waals surface area contributed by atoms with Gasteiger partial charge in [-0.1, -0.05) is 0 Å². The van der Waals surface area contributed by atoms with Crippen LogP contribution >= 0.6 is 0 Å². The lowest BCUT2D eigenvalue weighted by Gasteiger charge is -2.03. The highest BCUT2D eigenvalue weighted by atomic mass is 19.4. The van der Waals surface area contributed by atoms with Crippen molar-refractivity contribution in [2.45, 2.75) is 13.1 Å². The van der Waals surface area contributed by atoms with Crippen LogP contribution in [0.1, 0.15) is 11.3 Å². The highest BCUT2D eigenvalue weighted by Gasteiger charge is 2.30. The molecule has 1 radical (unpaired) electrons. The number of pyridine rings is 1. The zero-order chi connectivity index (χ0) is 8.48. The van der Waals surface area contributed by atoms with Crippen LogP contribution in [-0.2, 0) is 6.18 Å². The second kappa shape index (κ2) is 2.53. The molecule has 0 saturated carbocycles. The molecule has 4 heteroatoms. The largest absolute Gasteiger partial charge is 0.418 e. The molecule has 0 aliphatic heterocycles. The molecule has 0 saturated heterocycles. The molecular formula is C7H5F3N. The predicted molar refractivity (Wildman–Crippen MR) is 32.8 cm³/mol. The van der Waals surface area contributed by atoms with Crippen molar-refractivity contribution in [3.05, 3.63) is 29.6 Å².